The van der Waals surface area contributed by atoms with Crippen molar-refractivity contribution in [3.8, 4) is 0 Å². The molecule has 1 aromatic carbocycles. The topological polar surface area (TPSA) is 29.3 Å². The van der Waals surface area contributed by atoms with E-state index in [4.69, 9.17) is 5.73 Å². The van der Waals surface area contributed by atoms with Crippen molar-refractivity contribution in [1.82, 2.24) is 4.90 Å². The third-order valence-electron chi connectivity index (χ3n) is 4.45. The zero-order chi connectivity index (χ0) is 13.7. The molecule has 2 rings (SSSR count). The largest absolute Gasteiger partial charge is 0.330 e. The van der Waals surface area contributed by atoms with Gasteiger partial charge >= 0.3 is 0 Å². The molecule has 1 fully saturated rings. The van der Waals surface area contributed by atoms with Gasteiger partial charge in [0.25, 0.3) is 0 Å². The highest BCUT2D eigenvalue weighted by molar-refractivity contribution is 5.29. The van der Waals surface area contributed by atoms with Gasteiger partial charge in [0, 0.05) is 12.6 Å². The highest BCUT2D eigenvalue weighted by Gasteiger charge is 2.22. The predicted octanol–water partition coefficient (Wildman–Crippen LogP) is 3.40. The molecule has 2 N–H and O–H groups in total. The average molecular weight is 260 g/mol. The number of hydrogen-bond donors (Lipinski definition) is 1. The second-order valence-corrected chi connectivity index (χ2v) is 5.97. The second kappa shape index (κ2) is 7.06. The van der Waals surface area contributed by atoms with E-state index in [1.54, 1.807) is 0 Å². The molecule has 19 heavy (non-hydrogen) atoms. The Kier molecular flexibility index (Phi) is 5.41. The van der Waals surface area contributed by atoms with Crippen LogP contribution in [0.2, 0.25) is 0 Å². The molecule has 0 saturated heterocycles. The van der Waals surface area contributed by atoms with E-state index in [1.165, 1.54) is 42.4 Å². The van der Waals surface area contributed by atoms with Gasteiger partial charge in [-0.05, 0) is 62.9 Å². The molecule has 0 heterocycles. The Balaban J connectivity index is 2.03. The molecule has 0 aromatic heterocycles. The van der Waals surface area contributed by atoms with Crippen LogP contribution in [-0.4, -0.2) is 24.0 Å². The Morgan fingerprint density at radius 1 is 1.16 bits per heavy atom. The molecule has 1 aromatic rings. The van der Waals surface area contributed by atoms with Gasteiger partial charge in [-0.2, -0.15) is 0 Å². The number of aryl methyl sites for hydroxylation is 2. The van der Waals surface area contributed by atoms with Crippen LogP contribution in [0.4, 0.5) is 0 Å². The van der Waals surface area contributed by atoms with Crippen molar-refractivity contribution in [3.05, 3.63) is 34.9 Å². The molecule has 2 heteroatoms. The van der Waals surface area contributed by atoms with Crippen molar-refractivity contribution >= 4 is 0 Å². The van der Waals surface area contributed by atoms with Crippen LogP contribution in [0, 0.1) is 13.8 Å². The highest BCUT2D eigenvalue weighted by Crippen LogP contribution is 2.25. The monoisotopic (exact) mass is 260 g/mol. The standard InChI is InChI=1S/C17H28N2/c1-14-8-9-16(12-15(14)2)13-19(11-5-10-18)17-6-3-4-7-17/h8-9,12,17H,3-7,10-11,13,18H2,1-2H3. The predicted molar refractivity (Wildman–Crippen MR) is 82.3 cm³/mol. The smallest absolute Gasteiger partial charge is 0.0236 e. The molecule has 106 valence electrons. The van der Waals surface area contributed by atoms with Crippen molar-refractivity contribution in [2.45, 2.75) is 58.5 Å². The minimum absolute atomic E-state index is 0.785. The van der Waals surface area contributed by atoms with Gasteiger partial charge in [0.1, 0.15) is 0 Å². The van der Waals surface area contributed by atoms with E-state index < -0.39 is 0 Å². The Hall–Kier alpha value is -0.860. The molecule has 0 bridgehead atoms. The molecule has 2 nitrogen and oxygen atoms in total. The third kappa shape index (κ3) is 4.05. The first-order valence-corrected chi connectivity index (χ1v) is 7.71. The van der Waals surface area contributed by atoms with Crippen LogP contribution in [0.1, 0.15) is 48.8 Å². The first-order valence-electron chi connectivity index (χ1n) is 7.71. The average Bonchev–Trinajstić information content (AvgIpc) is 2.92. The van der Waals surface area contributed by atoms with Gasteiger partial charge in [0.05, 0.1) is 0 Å². The fourth-order valence-corrected chi connectivity index (χ4v) is 3.09. The van der Waals surface area contributed by atoms with Gasteiger partial charge in [0.15, 0.2) is 0 Å². The van der Waals surface area contributed by atoms with Crippen molar-refractivity contribution in [1.29, 1.82) is 0 Å². The van der Waals surface area contributed by atoms with Gasteiger partial charge in [-0.15, -0.1) is 0 Å². The van der Waals surface area contributed by atoms with Crippen LogP contribution in [0.3, 0.4) is 0 Å². The summed E-state index contributed by atoms with van der Waals surface area (Å²) in [4.78, 5) is 2.66. The molecular weight excluding hydrogens is 232 g/mol. The van der Waals surface area contributed by atoms with Crippen molar-refractivity contribution in [2.24, 2.45) is 5.73 Å². The second-order valence-electron chi connectivity index (χ2n) is 5.97. The molecule has 0 unspecified atom stereocenters. The molecule has 0 amide bonds. The Labute approximate surface area is 118 Å². The summed E-state index contributed by atoms with van der Waals surface area (Å²) in [5, 5.41) is 0. The summed E-state index contributed by atoms with van der Waals surface area (Å²) in [5.41, 5.74) is 9.93. The molecule has 1 aliphatic carbocycles. The van der Waals surface area contributed by atoms with E-state index in [0.717, 1.165) is 32.1 Å². The summed E-state index contributed by atoms with van der Waals surface area (Å²) < 4.78 is 0. The summed E-state index contributed by atoms with van der Waals surface area (Å²) in [6.07, 6.45) is 6.65. The number of nitrogens with two attached hydrogens (primary N) is 1. The Bertz CT molecular complexity index is 394. The van der Waals surface area contributed by atoms with Gasteiger partial charge in [0.2, 0.25) is 0 Å². The van der Waals surface area contributed by atoms with Crippen molar-refractivity contribution in [2.75, 3.05) is 13.1 Å². The van der Waals surface area contributed by atoms with Crippen LogP contribution in [0.5, 0.6) is 0 Å². The lowest BCUT2D eigenvalue weighted by Crippen LogP contribution is -2.34. The maximum atomic E-state index is 5.69. The van der Waals surface area contributed by atoms with Crippen LogP contribution in [0.25, 0.3) is 0 Å². The summed E-state index contributed by atoms with van der Waals surface area (Å²) >= 11 is 0. The molecule has 0 radical (unpaired) electrons. The Morgan fingerprint density at radius 3 is 2.53 bits per heavy atom. The van der Waals surface area contributed by atoms with E-state index >= 15 is 0 Å². The van der Waals surface area contributed by atoms with E-state index in [1.807, 2.05) is 0 Å². The summed E-state index contributed by atoms with van der Waals surface area (Å²) in [6, 6.07) is 7.67. The normalized spacial score (nSPS) is 16.4. The maximum Gasteiger partial charge on any atom is 0.0236 e. The van der Waals surface area contributed by atoms with Crippen LogP contribution >= 0.6 is 0 Å². The number of hydrogen-bond acceptors (Lipinski definition) is 2. The minimum atomic E-state index is 0.785. The molecular formula is C17H28N2. The highest BCUT2D eigenvalue weighted by atomic mass is 15.2. The summed E-state index contributed by atoms with van der Waals surface area (Å²) in [6.45, 7) is 7.43. The van der Waals surface area contributed by atoms with Gasteiger partial charge in [-0.25, -0.2) is 0 Å². The fourth-order valence-electron chi connectivity index (χ4n) is 3.09. The van der Waals surface area contributed by atoms with Crippen LogP contribution in [0.15, 0.2) is 18.2 Å². The lowest BCUT2D eigenvalue weighted by molar-refractivity contribution is 0.188. The number of rotatable bonds is 6. The first-order chi connectivity index (χ1) is 9.20. The first kappa shape index (κ1) is 14.5. The van der Waals surface area contributed by atoms with Gasteiger partial charge in [-0.3, -0.25) is 4.90 Å². The maximum absolute atomic E-state index is 5.69. The van der Waals surface area contributed by atoms with Crippen LogP contribution in [-0.2, 0) is 6.54 Å². The van der Waals surface area contributed by atoms with E-state index in [2.05, 4.69) is 36.9 Å². The summed E-state index contributed by atoms with van der Waals surface area (Å²) in [5.74, 6) is 0. The van der Waals surface area contributed by atoms with E-state index in [0.29, 0.717) is 0 Å². The SMILES string of the molecule is Cc1ccc(CN(CCCN)C2CCCC2)cc1C. The lowest BCUT2D eigenvalue weighted by atomic mass is 10.0. The number of benzene rings is 1. The zero-order valence-corrected chi connectivity index (χ0v) is 12.5. The number of nitrogens with zero attached hydrogens (tertiary/aromatic N) is 1. The summed E-state index contributed by atoms with van der Waals surface area (Å²) in [7, 11) is 0. The van der Waals surface area contributed by atoms with Crippen molar-refractivity contribution < 1.29 is 0 Å². The molecule has 0 aliphatic heterocycles. The third-order valence-corrected chi connectivity index (χ3v) is 4.45. The van der Waals surface area contributed by atoms with E-state index in [-0.39, 0.29) is 0 Å². The van der Waals surface area contributed by atoms with Crippen LogP contribution < -0.4 is 5.73 Å². The molecule has 1 saturated carbocycles. The van der Waals surface area contributed by atoms with E-state index in [9.17, 15) is 0 Å². The minimum Gasteiger partial charge on any atom is -0.330 e. The molecule has 0 atom stereocenters. The molecule has 0 spiro atoms. The fraction of sp³-hybridized carbons (Fsp3) is 0.647. The van der Waals surface area contributed by atoms with Gasteiger partial charge < -0.3 is 5.73 Å². The quantitative estimate of drug-likeness (QED) is 0.849. The van der Waals surface area contributed by atoms with Gasteiger partial charge in [-0.1, -0.05) is 31.0 Å². The zero-order valence-electron chi connectivity index (χ0n) is 12.5. The Morgan fingerprint density at radius 2 is 1.89 bits per heavy atom. The molecule has 1 aliphatic rings. The lowest BCUT2D eigenvalue weighted by Gasteiger charge is -2.29. The van der Waals surface area contributed by atoms with Crippen molar-refractivity contribution in [3.63, 3.8) is 0 Å².